The van der Waals surface area contributed by atoms with Gasteiger partial charge in [0.15, 0.2) is 0 Å². The van der Waals surface area contributed by atoms with Crippen molar-refractivity contribution >= 4 is 15.9 Å². The highest BCUT2D eigenvalue weighted by molar-refractivity contribution is 9.10. The van der Waals surface area contributed by atoms with E-state index in [2.05, 4.69) is 70.7 Å². The number of hydrogen-bond acceptors (Lipinski definition) is 2. The summed E-state index contributed by atoms with van der Waals surface area (Å²) in [6, 6.07) is 8.47. The largest absolute Gasteiger partial charge is 0.324 e. The van der Waals surface area contributed by atoms with Crippen molar-refractivity contribution in [1.82, 2.24) is 9.78 Å². The quantitative estimate of drug-likeness (QED) is 0.903. The van der Waals surface area contributed by atoms with Gasteiger partial charge >= 0.3 is 0 Å². The Morgan fingerprint density at radius 1 is 1.30 bits per heavy atom. The number of halogens is 1. The van der Waals surface area contributed by atoms with Gasteiger partial charge in [-0.2, -0.15) is 5.10 Å². The second-order valence-corrected chi connectivity index (χ2v) is 5.99. The van der Waals surface area contributed by atoms with Crippen molar-refractivity contribution in [1.29, 1.82) is 0 Å². The lowest BCUT2D eigenvalue weighted by atomic mass is 10.0. The highest BCUT2D eigenvalue weighted by atomic mass is 79.9. The van der Waals surface area contributed by atoms with Gasteiger partial charge in [0.25, 0.3) is 0 Å². The van der Waals surface area contributed by atoms with E-state index in [4.69, 9.17) is 5.73 Å². The van der Waals surface area contributed by atoms with Crippen LogP contribution in [0.25, 0.3) is 0 Å². The summed E-state index contributed by atoms with van der Waals surface area (Å²) in [4.78, 5) is 0. The maximum atomic E-state index is 6.40. The third-order valence-electron chi connectivity index (χ3n) is 3.56. The Labute approximate surface area is 129 Å². The van der Waals surface area contributed by atoms with Crippen molar-refractivity contribution in [2.75, 3.05) is 0 Å². The monoisotopic (exact) mass is 335 g/mol. The first-order valence-electron chi connectivity index (χ1n) is 7.12. The molecule has 0 saturated carbocycles. The molecule has 0 fully saturated rings. The predicted octanol–water partition coefficient (Wildman–Crippen LogP) is 3.78. The molecule has 0 saturated heterocycles. The normalized spacial score (nSPS) is 12.7. The molecule has 2 aromatic rings. The molecule has 0 bridgehead atoms. The first kappa shape index (κ1) is 15.3. The number of hydrogen-bond donors (Lipinski definition) is 1. The summed E-state index contributed by atoms with van der Waals surface area (Å²) in [5, 5.41) is 4.58. The van der Waals surface area contributed by atoms with Gasteiger partial charge in [0.2, 0.25) is 0 Å². The molecule has 1 unspecified atom stereocenters. The van der Waals surface area contributed by atoms with E-state index in [1.165, 1.54) is 11.3 Å². The summed E-state index contributed by atoms with van der Waals surface area (Å²) >= 11 is 3.60. The molecule has 2 rings (SSSR count). The highest BCUT2D eigenvalue weighted by Gasteiger charge is 2.14. The van der Waals surface area contributed by atoms with Gasteiger partial charge in [-0.1, -0.05) is 40.5 Å². The van der Waals surface area contributed by atoms with Crippen LogP contribution < -0.4 is 5.73 Å². The van der Waals surface area contributed by atoms with E-state index < -0.39 is 0 Å². The van der Waals surface area contributed by atoms with Crippen LogP contribution in [0.1, 0.15) is 42.4 Å². The minimum atomic E-state index is -0.0176. The van der Waals surface area contributed by atoms with Crippen LogP contribution in [0, 0.1) is 6.92 Å². The Morgan fingerprint density at radius 2 is 2.05 bits per heavy atom. The third kappa shape index (κ3) is 3.30. The van der Waals surface area contributed by atoms with Crippen LogP contribution in [0.2, 0.25) is 0 Å². The summed E-state index contributed by atoms with van der Waals surface area (Å²) < 4.78 is 3.14. The van der Waals surface area contributed by atoms with Crippen LogP contribution in [0.3, 0.4) is 0 Å². The van der Waals surface area contributed by atoms with Gasteiger partial charge in [-0.25, -0.2) is 0 Å². The van der Waals surface area contributed by atoms with Crippen molar-refractivity contribution in [2.24, 2.45) is 5.73 Å². The summed E-state index contributed by atoms with van der Waals surface area (Å²) in [5.41, 5.74) is 11.1. The van der Waals surface area contributed by atoms with Crippen molar-refractivity contribution in [3.63, 3.8) is 0 Å². The fourth-order valence-electron chi connectivity index (χ4n) is 2.41. The van der Waals surface area contributed by atoms with Crippen LogP contribution in [-0.4, -0.2) is 9.78 Å². The lowest BCUT2D eigenvalue weighted by molar-refractivity contribution is 0.584. The third-order valence-corrected chi connectivity index (χ3v) is 4.28. The van der Waals surface area contributed by atoms with Crippen LogP contribution in [0.4, 0.5) is 0 Å². The van der Waals surface area contributed by atoms with E-state index >= 15 is 0 Å². The van der Waals surface area contributed by atoms with E-state index in [-0.39, 0.29) is 6.04 Å². The number of rotatable bonds is 5. The lowest BCUT2D eigenvalue weighted by Gasteiger charge is -2.15. The Balaban J connectivity index is 2.24. The van der Waals surface area contributed by atoms with Crippen molar-refractivity contribution in [2.45, 2.75) is 46.2 Å². The van der Waals surface area contributed by atoms with Crippen LogP contribution >= 0.6 is 15.9 Å². The topological polar surface area (TPSA) is 43.8 Å². The molecule has 0 radical (unpaired) electrons. The van der Waals surface area contributed by atoms with Crippen molar-refractivity contribution < 1.29 is 0 Å². The van der Waals surface area contributed by atoms with E-state index in [0.29, 0.717) is 0 Å². The summed E-state index contributed by atoms with van der Waals surface area (Å²) in [7, 11) is 0. The summed E-state index contributed by atoms with van der Waals surface area (Å²) in [6.07, 6.45) is 1.77. The predicted molar refractivity (Wildman–Crippen MR) is 86.8 cm³/mol. The Morgan fingerprint density at radius 3 is 2.70 bits per heavy atom. The van der Waals surface area contributed by atoms with Gasteiger partial charge in [-0.05, 0) is 38.0 Å². The number of aromatic nitrogens is 2. The second kappa shape index (κ2) is 6.55. The standard InChI is InChI=1S/C16H22BrN3/c1-4-12-9-13(20(5-2)19-12)10-16(18)14-8-11(3)6-7-15(14)17/h6-9,16H,4-5,10,18H2,1-3H3. The van der Waals surface area contributed by atoms with Gasteiger partial charge in [-0.15, -0.1) is 0 Å². The van der Waals surface area contributed by atoms with Crippen molar-refractivity contribution in [3.05, 3.63) is 51.3 Å². The molecule has 1 aromatic heterocycles. The molecule has 4 heteroatoms. The van der Waals surface area contributed by atoms with E-state index in [0.717, 1.165) is 35.1 Å². The lowest BCUT2D eigenvalue weighted by Crippen LogP contribution is -2.16. The fraction of sp³-hybridized carbons (Fsp3) is 0.438. The average Bonchev–Trinajstić information content (AvgIpc) is 2.83. The molecule has 0 aliphatic carbocycles. The number of nitrogens with two attached hydrogens (primary N) is 1. The molecule has 1 heterocycles. The molecule has 0 amide bonds. The summed E-state index contributed by atoms with van der Waals surface area (Å²) in [5.74, 6) is 0. The van der Waals surface area contributed by atoms with Crippen LogP contribution in [-0.2, 0) is 19.4 Å². The van der Waals surface area contributed by atoms with E-state index in [1.54, 1.807) is 0 Å². The molecule has 0 spiro atoms. The van der Waals surface area contributed by atoms with E-state index in [1.807, 2.05) is 0 Å². The molecule has 1 aromatic carbocycles. The molecule has 0 aliphatic rings. The molecule has 2 N–H and O–H groups in total. The van der Waals surface area contributed by atoms with Crippen molar-refractivity contribution in [3.8, 4) is 0 Å². The molecule has 0 aliphatic heterocycles. The second-order valence-electron chi connectivity index (χ2n) is 5.13. The van der Waals surface area contributed by atoms with Gasteiger partial charge in [0.1, 0.15) is 0 Å². The molecular weight excluding hydrogens is 314 g/mol. The smallest absolute Gasteiger partial charge is 0.0624 e. The zero-order valence-electron chi connectivity index (χ0n) is 12.4. The molecule has 1 atom stereocenters. The molecule has 20 heavy (non-hydrogen) atoms. The molecule has 108 valence electrons. The molecular formula is C16H22BrN3. The zero-order valence-corrected chi connectivity index (χ0v) is 13.9. The molecule has 3 nitrogen and oxygen atoms in total. The van der Waals surface area contributed by atoms with Gasteiger partial charge in [-0.3, -0.25) is 4.68 Å². The van der Waals surface area contributed by atoms with Crippen LogP contribution in [0.5, 0.6) is 0 Å². The number of benzene rings is 1. The maximum absolute atomic E-state index is 6.40. The Hall–Kier alpha value is -1.13. The van der Waals surface area contributed by atoms with Gasteiger partial charge in [0, 0.05) is 29.2 Å². The van der Waals surface area contributed by atoms with Gasteiger partial charge < -0.3 is 5.73 Å². The minimum absolute atomic E-state index is 0.0176. The van der Waals surface area contributed by atoms with E-state index in [9.17, 15) is 0 Å². The highest BCUT2D eigenvalue weighted by Crippen LogP contribution is 2.26. The zero-order chi connectivity index (χ0) is 14.7. The minimum Gasteiger partial charge on any atom is -0.324 e. The van der Waals surface area contributed by atoms with Gasteiger partial charge in [0.05, 0.1) is 5.69 Å². The number of aryl methyl sites for hydroxylation is 3. The first-order chi connectivity index (χ1) is 9.55. The number of nitrogens with zero attached hydrogens (tertiary/aromatic N) is 2. The summed E-state index contributed by atoms with van der Waals surface area (Å²) in [6.45, 7) is 7.22. The van der Waals surface area contributed by atoms with Crippen LogP contribution in [0.15, 0.2) is 28.7 Å². The Bertz CT molecular complexity index is 589. The fourth-order valence-corrected chi connectivity index (χ4v) is 2.95. The average molecular weight is 336 g/mol. The SMILES string of the molecule is CCc1cc(CC(N)c2cc(C)ccc2Br)n(CC)n1. The Kier molecular flexibility index (Phi) is 5.00. The maximum Gasteiger partial charge on any atom is 0.0624 e. The first-order valence-corrected chi connectivity index (χ1v) is 7.91.